The van der Waals surface area contributed by atoms with E-state index in [4.69, 9.17) is 9.47 Å². The molecule has 0 amide bonds. The van der Waals surface area contributed by atoms with Gasteiger partial charge >= 0.3 is 0 Å². The van der Waals surface area contributed by atoms with Gasteiger partial charge < -0.3 is 19.1 Å². The summed E-state index contributed by atoms with van der Waals surface area (Å²) in [6.45, 7) is 2.31. The standard InChI is InChI=1S/C19H24N2O3/c1-23-15-9-13-12-5-7-20-6-3-4-11-8-17(22)21(19(12)18(11)20)14(13)10-16(15)24-2/h9-11,17-18,22H,3-8H2,1-2H3/t11-,17?,18-/m1/s1. The molecule has 0 aliphatic carbocycles. The van der Waals surface area contributed by atoms with Gasteiger partial charge in [0, 0.05) is 23.7 Å². The number of piperidine rings is 1. The first kappa shape index (κ1) is 14.6. The second-order valence-corrected chi connectivity index (χ2v) is 7.31. The number of hydrogen-bond donors (Lipinski definition) is 1. The van der Waals surface area contributed by atoms with E-state index in [1.54, 1.807) is 14.2 Å². The van der Waals surface area contributed by atoms with Gasteiger partial charge in [-0.2, -0.15) is 0 Å². The van der Waals surface area contributed by atoms with Gasteiger partial charge in [-0.15, -0.1) is 0 Å². The summed E-state index contributed by atoms with van der Waals surface area (Å²) in [5, 5.41) is 12.1. The average Bonchev–Trinajstić information content (AvgIpc) is 2.94. The normalized spacial score (nSPS) is 28.7. The van der Waals surface area contributed by atoms with Crippen molar-refractivity contribution in [2.24, 2.45) is 5.92 Å². The molecule has 1 aromatic carbocycles. The Balaban J connectivity index is 1.82. The molecule has 1 fully saturated rings. The van der Waals surface area contributed by atoms with Crippen molar-refractivity contribution in [3.63, 3.8) is 0 Å². The molecule has 1 N–H and O–H groups in total. The van der Waals surface area contributed by atoms with Crippen molar-refractivity contribution in [3.8, 4) is 11.5 Å². The Labute approximate surface area is 141 Å². The number of fused-ring (bicyclic) bond motifs is 3. The molecule has 3 aliphatic heterocycles. The van der Waals surface area contributed by atoms with E-state index < -0.39 is 6.23 Å². The van der Waals surface area contributed by atoms with Crippen molar-refractivity contribution in [1.82, 2.24) is 9.47 Å². The molecule has 128 valence electrons. The van der Waals surface area contributed by atoms with Crippen LogP contribution in [0.2, 0.25) is 0 Å². The van der Waals surface area contributed by atoms with Crippen LogP contribution in [0.3, 0.4) is 0 Å². The van der Waals surface area contributed by atoms with E-state index in [9.17, 15) is 5.11 Å². The second-order valence-electron chi connectivity index (χ2n) is 7.31. The molecule has 0 bridgehead atoms. The van der Waals surface area contributed by atoms with Crippen molar-refractivity contribution in [3.05, 3.63) is 23.4 Å². The zero-order valence-corrected chi connectivity index (χ0v) is 14.3. The smallest absolute Gasteiger partial charge is 0.162 e. The van der Waals surface area contributed by atoms with Crippen LogP contribution in [0.5, 0.6) is 11.5 Å². The molecule has 1 saturated heterocycles. The van der Waals surface area contributed by atoms with Gasteiger partial charge in [0.05, 0.1) is 25.8 Å². The van der Waals surface area contributed by atoms with Gasteiger partial charge in [0.1, 0.15) is 6.23 Å². The molecule has 4 heterocycles. The monoisotopic (exact) mass is 328 g/mol. The SMILES string of the molecule is COc1cc2c3c4n(c2cc1OC)C(O)C[C@H]1CCCN(CC3)[C@@H]41. The third kappa shape index (κ3) is 1.77. The summed E-state index contributed by atoms with van der Waals surface area (Å²) in [7, 11) is 3.34. The summed E-state index contributed by atoms with van der Waals surface area (Å²) < 4.78 is 13.2. The average molecular weight is 328 g/mol. The van der Waals surface area contributed by atoms with Crippen LogP contribution in [0.1, 0.15) is 42.8 Å². The largest absolute Gasteiger partial charge is 0.493 e. The third-order valence-corrected chi connectivity index (χ3v) is 6.26. The lowest BCUT2D eigenvalue weighted by molar-refractivity contribution is -0.0148. The summed E-state index contributed by atoms with van der Waals surface area (Å²) in [5.41, 5.74) is 3.82. The van der Waals surface area contributed by atoms with Crippen LogP contribution in [0.4, 0.5) is 0 Å². The topological polar surface area (TPSA) is 46.9 Å². The van der Waals surface area contributed by atoms with Gasteiger partial charge in [0.2, 0.25) is 0 Å². The van der Waals surface area contributed by atoms with E-state index in [-0.39, 0.29) is 0 Å². The number of benzene rings is 1. The molecule has 24 heavy (non-hydrogen) atoms. The van der Waals surface area contributed by atoms with E-state index in [0.717, 1.165) is 36.4 Å². The van der Waals surface area contributed by atoms with Crippen molar-refractivity contribution in [2.45, 2.75) is 38.0 Å². The first-order chi connectivity index (χ1) is 11.7. The van der Waals surface area contributed by atoms with Gasteiger partial charge in [-0.25, -0.2) is 0 Å². The van der Waals surface area contributed by atoms with E-state index in [1.165, 1.54) is 36.0 Å². The lowest BCUT2D eigenvalue weighted by Gasteiger charge is -2.48. The van der Waals surface area contributed by atoms with Gasteiger partial charge in [-0.1, -0.05) is 0 Å². The van der Waals surface area contributed by atoms with Gasteiger partial charge in [-0.05, 0) is 49.8 Å². The molecule has 1 aromatic heterocycles. The number of nitrogens with zero attached hydrogens (tertiary/aromatic N) is 2. The Morgan fingerprint density at radius 2 is 1.92 bits per heavy atom. The van der Waals surface area contributed by atoms with Crippen LogP contribution < -0.4 is 9.47 Å². The zero-order chi connectivity index (χ0) is 16.4. The maximum atomic E-state index is 10.9. The third-order valence-electron chi connectivity index (χ3n) is 6.26. The minimum absolute atomic E-state index is 0.436. The lowest BCUT2D eigenvalue weighted by atomic mass is 9.78. The van der Waals surface area contributed by atoms with E-state index in [2.05, 4.69) is 15.5 Å². The molecule has 3 aliphatic rings. The minimum atomic E-state index is -0.436. The van der Waals surface area contributed by atoms with Crippen LogP contribution in [0.25, 0.3) is 10.9 Å². The Kier molecular flexibility index (Phi) is 3.13. The van der Waals surface area contributed by atoms with Gasteiger partial charge in [-0.3, -0.25) is 4.90 Å². The lowest BCUT2D eigenvalue weighted by Crippen LogP contribution is -2.47. The summed E-state index contributed by atoms with van der Waals surface area (Å²) in [4.78, 5) is 2.63. The summed E-state index contributed by atoms with van der Waals surface area (Å²) in [5.74, 6) is 2.07. The number of aliphatic hydroxyl groups is 1. The van der Waals surface area contributed by atoms with Crippen molar-refractivity contribution < 1.29 is 14.6 Å². The van der Waals surface area contributed by atoms with E-state index in [1.807, 2.05) is 6.07 Å². The predicted molar refractivity (Wildman–Crippen MR) is 91.7 cm³/mol. The Morgan fingerprint density at radius 3 is 2.71 bits per heavy atom. The number of ether oxygens (including phenoxy) is 2. The van der Waals surface area contributed by atoms with E-state index in [0.29, 0.717) is 12.0 Å². The number of aliphatic hydroxyl groups excluding tert-OH is 1. The van der Waals surface area contributed by atoms with Crippen LogP contribution in [-0.4, -0.2) is 41.9 Å². The molecular weight excluding hydrogens is 304 g/mol. The highest BCUT2D eigenvalue weighted by molar-refractivity contribution is 5.89. The highest BCUT2D eigenvalue weighted by Gasteiger charge is 2.44. The second kappa shape index (κ2) is 5.14. The van der Waals surface area contributed by atoms with Crippen LogP contribution in [-0.2, 0) is 6.42 Å². The Hall–Kier alpha value is -1.72. The summed E-state index contributed by atoms with van der Waals surface area (Å²) in [6.07, 6.45) is 3.95. The number of rotatable bonds is 2. The van der Waals surface area contributed by atoms with Crippen molar-refractivity contribution >= 4 is 10.9 Å². The molecule has 3 atom stereocenters. The zero-order valence-electron chi connectivity index (χ0n) is 14.3. The maximum absolute atomic E-state index is 10.9. The fourth-order valence-electron chi connectivity index (χ4n) is 5.30. The summed E-state index contributed by atoms with van der Waals surface area (Å²) >= 11 is 0. The molecule has 5 rings (SSSR count). The molecule has 0 spiro atoms. The number of hydrogen-bond acceptors (Lipinski definition) is 4. The molecule has 0 saturated carbocycles. The van der Waals surface area contributed by atoms with E-state index >= 15 is 0 Å². The number of aromatic nitrogens is 1. The van der Waals surface area contributed by atoms with Gasteiger partial charge in [0.25, 0.3) is 0 Å². The predicted octanol–water partition coefficient (Wildman–Crippen LogP) is 2.86. The first-order valence-corrected chi connectivity index (χ1v) is 8.93. The van der Waals surface area contributed by atoms with Crippen LogP contribution in [0, 0.1) is 5.92 Å². The molecule has 5 nitrogen and oxygen atoms in total. The fourth-order valence-corrected chi connectivity index (χ4v) is 5.30. The Bertz CT molecular complexity index is 813. The first-order valence-electron chi connectivity index (χ1n) is 8.93. The quantitative estimate of drug-likeness (QED) is 0.921. The highest BCUT2D eigenvalue weighted by atomic mass is 16.5. The highest BCUT2D eigenvalue weighted by Crippen LogP contribution is 2.52. The van der Waals surface area contributed by atoms with Crippen molar-refractivity contribution in [1.29, 1.82) is 0 Å². The Morgan fingerprint density at radius 1 is 1.12 bits per heavy atom. The molecule has 1 unspecified atom stereocenters. The maximum Gasteiger partial charge on any atom is 0.162 e. The molecule has 0 radical (unpaired) electrons. The molecule has 2 aromatic rings. The van der Waals surface area contributed by atoms with Crippen LogP contribution in [0.15, 0.2) is 12.1 Å². The minimum Gasteiger partial charge on any atom is -0.493 e. The molecular formula is C19H24N2O3. The van der Waals surface area contributed by atoms with Crippen molar-refractivity contribution in [2.75, 3.05) is 27.3 Å². The van der Waals surface area contributed by atoms with Crippen LogP contribution >= 0.6 is 0 Å². The molecule has 5 heteroatoms. The number of methoxy groups -OCH3 is 2. The summed E-state index contributed by atoms with van der Waals surface area (Å²) in [6, 6.07) is 4.59. The fraction of sp³-hybridized carbons (Fsp3) is 0.579. The van der Waals surface area contributed by atoms with Gasteiger partial charge in [0.15, 0.2) is 11.5 Å².